The lowest BCUT2D eigenvalue weighted by atomic mass is 10.1. The van der Waals surface area contributed by atoms with Gasteiger partial charge in [-0.05, 0) is 24.5 Å². The van der Waals surface area contributed by atoms with Crippen molar-refractivity contribution in [2.45, 2.75) is 26.3 Å². The van der Waals surface area contributed by atoms with Crippen LogP contribution < -0.4 is 5.32 Å². The first-order valence-corrected chi connectivity index (χ1v) is 6.31. The summed E-state index contributed by atoms with van der Waals surface area (Å²) >= 11 is 0. The molecule has 1 atom stereocenters. The van der Waals surface area contributed by atoms with Gasteiger partial charge in [-0.3, -0.25) is 0 Å². The van der Waals surface area contributed by atoms with Crippen molar-refractivity contribution in [2.24, 2.45) is 0 Å². The van der Waals surface area contributed by atoms with Crippen LogP contribution >= 0.6 is 0 Å². The quantitative estimate of drug-likeness (QED) is 0.908. The highest BCUT2D eigenvalue weighted by Crippen LogP contribution is 2.19. The van der Waals surface area contributed by atoms with E-state index in [0.29, 0.717) is 11.5 Å². The molecular formula is C15H16N4. The van der Waals surface area contributed by atoms with E-state index in [-0.39, 0.29) is 6.04 Å². The van der Waals surface area contributed by atoms with E-state index in [2.05, 4.69) is 46.5 Å². The molecule has 0 saturated carbocycles. The molecule has 2 aromatic rings. The molecule has 1 N–H and O–H groups in total. The SMILES string of the molecule is CCc1ccc(C(C)Nc2nccnc2C#N)cc1. The molecule has 2 rings (SSSR count). The normalized spacial score (nSPS) is 11.6. The minimum atomic E-state index is 0.0784. The Morgan fingerprint density at radius 2 is 1.89 bits per heavy atom. The average Bonchev–Trinajstić information content (AvgIpc) is 2.48. The highest BCUT2D eigenvalue weighted by Gasteiger charge is 2.09. The van der Waals surface area contributed by atoms with Gasteiger partial charge in [0.15, 0.2) is 11.5 Å². The van der Waals surface area contributed by atoms with Crippen molar-refractivity contribution in [3.63, 3.8) is 0 Å². The van der Waals surface area contributed by atoms with Crippen LogP contribution in [0.4, 0.5) is 5.82 Å². The predicted octanol–water partition coefficient (Wildman–Crippen LogP) is 3.08. The van der Waals surface area contributed by atoms with E-state index in [1.165, 1.54) is 11.8 Å². The summed E-state index contributed by atoms with van der Waals surface area (Å²) in [6.07, 6.45) is 4.13. The predicted molar refractivity (Wildman–Crippen MR) is 74.6 cm³/mol. The van der Waals surface area contributed by atoms with Crippen LogP contribution in [0.5, 0.6) is 0 Å². The molecule has 0 aliphatic heterocycles. The number of anilines is 1. The molecule has 4 heteroatoms. The van der Waals surface area contributed by atoms with Crippen LogP contribution in [0, 0.1) is 11.3 Å². The highest BCUT2D eigenvalue weighted by molar-refractivity contribution is 5.48. The molecule has 0 radical (unpaired) electrons. The maximum atomic E-state index is 8.98. The Labute approximate surface area is 113 Å². The largest absolute Gasteiger partial charge is 0.361 e. The zero-order valence-corrected chi connectivity index (χ0v) is 11.1. The Morgan fingerprint density at radius 3 is 2.53 bits per heavy atom. The number of hydrogen-bond acceptors (Lipinski definition) is 4. The summed E-state index contributed by atoms with van der Waals surface area (Å²) in [4.78, 5) is 8.14. The van der Waals surface area contributed by atoms with Gasteiger partial charge in [0, 0.05) is 12.4 Å². The summed E-state index contributed by atoms with van der Waals surface area (Å²) in [7, 11) is 0. The maximum Gasteiger partial charge on any atom is 0.182 e. The van der Waals surface area contributed by atoms with Crippen molar-refractivity contribution in [3.05, 3.63) is 53.5 Å². The second-order valence-corrected chi connectivity index (χ2v) is 4.33. The summed E-state index contributed by atoms with van der Waals surface area (Å²) in [5, 5.41) is 12.2. The zero-order chi connectivity index (χ0) is 13.7. The van der Waals surface area contributed by atoms with Crippen LogP contribution in [0.25, 0.3) is 0 Å². The molecule has 1 heterocycles. The molecule has 0 fully saturated rings. The molecule has 0 aliphatic rings. The van der Waals surface area contributed by atoms with E-state index >= 15 is 0 Å². The molecule has 0 amide bonds. The monoisotopic (exact) mass is 252 g/mol. The van der Waals surface area contributed by atoms with Crippen LogP contribution in [-0.4, -0.2) is 9.97 Å². The van der Waals surface area contributed by atoms with Crippen LogP contribution in [0.15, 0.2) is 36.7 Å². The number of hydrogen-bond donors (Lipinski definition) is 1. The van der Waals surface area contributed by atoms with Crippen LogP contribution in [0.2, 0.25) is 0 Å². The van der Waals surface area contributed by atoms with Gasteiger partial charge >= 0.3 is 0 Å². The lowest BCUT2D eigenvalue weighted by molar-refractivity contribution is 0.867. The van der Waals surface area contributed by atoms with E-state index in [0.717, 1.165) is 12.0 Å². The van der Waals surface area contributed by atoms with E-state index in [4.69, 9.17) is 5.26 Å². The van der Waals surface area contributed by atoms with Gasteiger partial charge in [0.05, 0.1) is 6.04 Å². The van der Waals surface area contributed by atoms with Gasteiger partial charge in [-0.1, -0.05) is 31.2 Å². The molecule has 1 aromatic carbocycles. The zero-order valence-electron chi connectivity index (χ0n) is 11.1. The third-order valence-electron chi connectivity index (χ3n) is 3.05. The van der Waals surface area contributed by atoms with Crippen LogP contribution in [-0.2, 0) is 6.42 Å². The van der Waals surface area contributed by atoms with E-state index in [1.54, 1.807) is 6.20 Å². The number of nitrogens with zero attached hydrogens (tertiary/aromatic N) is 3. The Hall–Kier alpha value is -2.41. The standard InChI is InChI=1S/C15H16N4/c1-3-12-4-6-13(7-5-12)11(2)19-15-14(10-16)17-8-9-18-15/h4-9,11H,3H2,1-2H3,(H,18,19). The highest BCUT2D eigenvalue weighted by atomic mass is 15.0. The minimum absolute atomic E-state index is 0.0784. The summed E-state index contributed by atoms with van der Waals surface area (Å²) in [5.74, 6) is 0.525. The van der Waals surface area contributed by atoms with Gasteiger partial charge in [-0.15, -0.1) is 0 Å². The summed E-state index contributed by atoms with van der Waals surface area (Å²) in [6, 6.07) is 10.5. The Kier molecular flexibility index (Phi) is 4.09. The van der Waals surface area contributed by atoms with Crippen molar-refractivity contribution in [3.8, 4) is 6.07 Å². The van der Waals surface area contributed by atoms with Gasteiger partial charge in [0.25, 0.3) is 0 Å². The number of nitrogens with one attached hydrogen (secondary N) is 1. The van der Waals surface area contributed by atoms with E-state index in [1.807, 2.05) is 13.0 Å². The van der Waals surface area contributed by atoms with Crippen molar-refractivity contribution in [1.29, 1.82) is 5.26 Å². The average molecular weight is 252 g/mol. The molecule has 19 heavy (non-hydrogen) atoms. The second-order valence-electron chi connectivity index (χ2n) is 4.33. The number of rotatable bonds is 4. The molecule has 1 aromatic heterocycles. The minimum Gasteiger partial charge on any atom is -0.361 e. The maximum absolute atomic E-state index is 8.98. The summed E-state index contributed by atoms with van der Waals surface area (Å²) < 4.78 is 0. The van der Waals surface area contributed by atoms with E-state index in [9.17, 15) is 0 Å². The fraction of sp³-hybridized carbons (Fsp3) is 0.267. The molecule has 0 bridgehead atoms. The molecule has 96 valence electrons. The van der Waals surface area contributed by atoms with Crippen LogP contribution in [0.1, 0.15) is 36.7 Å². The fourth-order valence-corrected chi connectivity index (χ4v) is 1.86. The van der Waals surface area contributed by atoms with E-state index < -0.39 is 0 Å². The molecular weight excluding hydrogens is 236 g/mol. The number of aromatic nitrogens is 2. The number of nitriles is 1. The third-order valence-corrected chi connectivity index (χ3v) is 3.05. The Bertz CT molecular complexity index is 584. The molecule has 0 saturated heterocycles. The summed E-state index contributed by atoms with van der Waals surface area (Å²) in [6.45, 7) is 4.17. The van der Waals surface area contributed by atoms with Crippen molar-refractivity contribution in [1.82, 2.24) is 9.97 Å². The Balaban J connectivity index is 2.16. The van der Waals surface area contributed by atoms with Gasteiger partial charge < -0.3 is 5.32 Å². The van der Waals surface area contributed by atoms with Gasteiger partial charge in [-0.2, -0.15) is 5.26 Å². The summed E-state index contributed by atoms with van der Waals surface area (Å²) in [5.41, 5.74) is 2.79. The van der Waals surface area contributed by atoms with Crippen molar-refractivity contribution in [2.75, 3.05) is 5.32 Å². The first-order chi connectivity index (χ1) is 9.24. The molecule has 1 unspecified atom stereocenters. The number of aryl methyl sites for hydroxylation is 1. The van der Waals surface area contributed by atoms with Gasteiger partial charge in [0.2, 0.25) is 0 Å². The molecule has 4 nitrogen and oxygen atoms in total. The third kappa shape index (κ3) is 3.08. The lowest BCUT2D eigenvalue weighted by Crippen LogP contribution is -2.10. The van der Waals surface area contributed by atoms with Crippen molar-refractivity contribution < 1.29 is 0 Å². The Morgan fingerprint density at radius 1 is 1.21 bits per heavy atom. The van der Waals surface area contributed by atoms with Gasteiger partial charge in [0.1, 0.15) is 6.07 Å². The van der Waals surface area contributed by atoms with Crippen LogP contribution in [0.3, 0.4) is 0 Å². The second kappa shape index (κ2) is 5.96. The van der Waals surface area contributed by atoms with Gasteiger partial charge in [-0.25, -0.2) is 9.97 Å². The first-order valence-electron chi connectivity index (χ1n) is 6.31. The first kappa shape index (κ1) is 13.0. The fourth-order valence-electron chi connectivity index (χ4n) is 1.86. The van der Waals surface area contributed by atoms with Crippen molar-refractivity contribution >= 4 is 5.82 Å². The molecule has 0 aliphatic carbocycles. The lowest BCUT2D eigenvalue weighted by Gasteiger charge is -2.15. The smallest absolute Gasteiger partial charge is 0.182 e. The number of benzene rings is 1. The topological polar surface area (TPSA) is 61.6 Å². The molecule has 0 spiro atoms.